The molecule has 0 spiro atoms. The Labute approximate surface area is 122 Å². The first-order valence-corrected chi connectivity index (χ1v) is 7.69. The molecule has 2 rings (SSSR count). The van der Waals surface area contributed by atoms with Gasteiger partial charge >= 0.3 is 0 Å². The van der Waals surface area contributed by atoms with Gasteiger partial charge in [0.05, 0.1) is 11.4 Å². The Morgan fingerprint density at radius 2 is 2.05 bits per heavy atom. The van der Waals surface area contributed by atoms with E-state index in [1.165, 1.54) is 12.8 Å². The van der Waals surface area contributed by atoms with Crippen molar-refractivity contribution in [3.8, 4) is 0 Å². The molecule has 0 aromatic carbocycles. The predicted molar refractivity (Wildman–Crippen MR) is 81.5 cm³/mol. The van der Waals surface area contributed by atoms with Crippen molar-refractivity contribution in [1.82, 2.24) is 15.2 Å². The lowest BCUT2D eigenvalue weighted by molar-refractivity contribution is 0.0548. The zero-order valence-corrected chi connectivity index (χ0v) is 12.8. The number of rotatable bonds is 7. The fourth-order valence-electron chi connectivity index (χ4n) is 2.68. The molecule has 1 aliphatic heterocycles. The van der Waals surface area contributed by atoms with E-state index in [0.717, 1.165) is 56.7 Å². The monoisotopic (exact) mass is 277 g/mol. The highest BCUT2D eigenvalue weighted by atomic mass is 16.5. The lowest BCUT2D eigenvalue weighted by Crippen LogP contribution is -2.29. The Hall–Kier alpha value is -0.970. The van der Waals surface area contributed by atoms with Crippen molar-refractivity contribution in [2.24, 2.45) is 5.92 Å². The molecule has 0 atom stereocenters. The molecule has 1 aliphatic rings. The summed E-state index contributed by atoms with van der Waals surface area (Å²) in [5.74, 6) is 0.777. The minimum atomic E-state index is 0.777. The fourth-order valence-corrected chi connectivity index (χ4v) is 2.68. The number of hydrogen-bond acceptors (Lipinski definition) is 4. The van der Waals surface area contributed by atoms with E-state index in [1.807, 2.05) is 0 Å². The van der Waals surface area contributed by atoms with Gasteiger partial charge in [-0.2, -0.15) is 0 Å². The Balaban J connectivity index is 1.81. The molecule has 1 saturated heterocycles. The van der Waals surface area contributed by atoms with E-state index in [1.54, 1.807) is 0 Å². The summed E-state index contributed by atoms with van der Waals surface area (Å²) in [6.07, 6.45) is 2.39. The SMILES string of the molecule is CCNCc1cccc(CN(C)CC2CCOCC2)n1. The van der Waals surface area contributed by atoms with Gasteiger partial charge in [-0.15, -0.1) is 0 Å². The number of hydrogen-bond donors (Lipinski definition) is 1. The average molecular weight is 277 g/mol. The first kappa shape index (κ1) is 15.4. The summed E-state index contributed by atoms with van der Waals surface area (Å²) in [4.78, 5) is 7.10. The van der Waals surface area contributed by atoms with Crippen molar-refractivity contribution in [3.05, 3.63) is 29.6 Å². The van der Waals surface area contributed by atoms with E-state index < -0.39 is 0 Å². The van der Waals surface area contributed by atoms with Gasteiger partial charge in [0.1, 0.15) is 0 Å². The molecule has 1 N–H and O–H groups in total. The summed E-state index contributed by atoms with van der Waals surface area (Å²) >= 11 is 0. The fraction of sp³-hybridized carbons (Fsp3) is 0.688. The number of pyridine rings is 1. The van der Waals surface area contributed by atoms with Crippen LogP contribution in [0.1, 0.15) is 31.2 Å². The molecule has 0 unspecified atom stereocenters. The van der Waals surface area contributed by atoms with E-state index in [4.69, 9.17) is 9.72 Å². The van der Waals surface area contributed by atoms with Crippen LogP contribution in [0, 0.1) is 5.92 Å². The molecular formula is C16H27N3O. The zero-order valence-electron chi connectivity index (χ0n) is 12.8. The lowest BCUT2D eigenvalue weighted by Gasteiger charge is -2.27. The zero-order chi connectivity index (χ0) is 14.2. The highest BCUT2D eigenvalue weighted by Crippen LogP contribution is 2.16. The van der Waals surface area contributed by atoms with Crippen LogP contribution in [-0.4, -0.2) is 43.2 Å². The van der Waals surface area contributed by atoms with Gasteiger partial charge in [-0.3, -0.25) is 4.98 Å². The highest BCUT2D eigenvalue weighted by molar-refractivity contribution is 5.11. The van der Waals surface area contributed by atoms with Crippen molar-refractivity contribution >= 4 is 0 Å². The third-order valence-corrected chi connectivity index (χ3v) is 3.76. The molecule has 0 amide bonds. The molecule has 0 bridgehead atoms. The summed E-state index contributed by atoms with van der Waals surface area (Å²) in [6.45, 7) is 7.87. The normalized spacial score (nSPS) is 16.8. The summed E-state index contributed by atoms with van der Waals surface area (Å²) in [5.41, 5.74) is 2.29. The van der Waals surface area contributed by atoms with Gasteiger partial charge in [-0.05, 0) is 44.5 Å². The first-order valence-electron chi connectivity index (χ1n) is 7.69. The number of nitrogens with one attached hydrogen (secondary N) is 1. The molecule has 0 aliphatic carbocycles. The summed E-state index contributed by atoms with van der Waals surface area (Å²) < 4.78 is 5.41. The van der Waals surface area contributed by atoms with Crippen LogP contribution < -0.4 is 5.32 Å². The Bertz CT molecular complexity index is 391. The van der Waals surface area contributed by atoms with Gasteiger partial charge in [0.25, 0.3) is 0 Å². The first-order chi connectivity index (χ1) is 9.78. The maximum absolute atomic E-state index is 5.41. The van der Waals surface area contributed by atoms with Crippen LogP contribution in [0.4, 0.5) is 0 Å². The van der Waals surface area contributed by atoms with Crippen molar-refractivity contribution in [2.75, 3.05) is 33.4 Å². The third kappa shape index (κ3) is 5.19. The van der Waals surface area contributed by atoms with Gasteiger partial charge in [0.15, 0.2) is 0 Å². The summed E-state index contributed by atoms with van der Waals surface area (Å²) in [6, 6.07) is 6.32. The topological polar surface area (TPSA) is 37.4 Å². The summed E-state index contributed by atoms with van der Waals surface area (Å²) in [7, 11) is 2.19. The predicted octanol–water partition coefficient (Wildman–Crippen LogP) is 2.05. The molecule has 0 saturated carbocycles. The summed E-state index contributed by atoms with van der Waals surface area (Å²) in [5, 5.41) is 3.32. The largest absolute Gasteiger partial charge is 0.381 e. The molecule has 112 valence electrons. The molecule has 2 heterocycles. The van der Waals surface area contributed by atoms with Crippen LogP contribution in [0.5, 0.6) is 0 Å². The van der Waals surface area contributed by atoms with Gasteiger partial charge in [0, 0.05) is 32.8 Å². The van der Waals surface area contributed by atoms with Gasteiger partial charge in [-0.25, -0.2) is 0 Å². The average Bonchev–Trinajstić information content (AvgIpc) is 2.46. The molecule has 1 aromatic heterocycles. The maximum Gasteiger partial charge on any atom is 0.0547 e. The standard InChI is InChI=1S/C16H27N3O/c1-3-17-11-15-5-4-6-16(18-15)13-19(2)12-14-7-9-20-10-8-14/h4-6,14,17H,3,7-13H2,1-2H3. The van der Waals surface area contributed by atoms with Crippen LogP contribution in [-0.2, 0) is 17.8 Å². The van der Waals surface area contributed by atoms with E-state index in [2.05, 4.69) is 42.4 Å². The minimum absolute atomic E-state index is 0.777. The van der Waals surface area contributed by atoms with Crippen molar-refractivity contribution in [1.29, 1.82) is 0 Å². The maximum atomic E-state index is 5.41. The minimum Gasteiger partial charge on any atom is -0.381 e. The quantitative estimate of drug-likeness (QED) is 0.828. The molecule has 4 heteroatoms. The van der Waals surface area contributed by atoms with Crippen molar-refractivity contribution < 1.29 is 4.74 Å². The van der Waals surface area contributed by atoms with Gasteiger partial charge in [0.2, 0.25) is 0 Å². The van der Waals surface area contributed by atoms with Gasteiger partial charge in [-0.1, -0.05) is 13.0 Å². The molecular weight excluding hydrogens is 250 g/mol. The van der Waals surface area contributed by atoms with Crippen molar-refractivity contribution in [3.63, 3.8) is 0 Å². The van der Waals surface area contributed by atoms with Crippen LogP contribution in [0.25, 0.3) is 0 Å². The van der Waals surface area contributed by atoms with E-state index >= 15 is 0 Å². The highest BCUT2D eigenvalue weighted by Gasteiger charge is 2.16. The number of ether oxygens (including phenoxy) is 1. The van der Waals surface area contributed by atoms with E-state index in [0.29, 0.717) is 0 Å². The van der Waals surface area contributed by atoms with Gasteiger partial charge < -0.3 is 15.0 Å². The van der Waals surface area contributed by atoms with Crippen LogP contribution in [0.3, 0.4) is 0 Å². The Morgan fingerprint density at radius 3 is 2.80 bits per heavy atom. The molecule has 1 fully saturated rings. The lowest BCUT2D eigenvalue weighted by atomic mass is 10.00. The number of aromatic nitrogens is 1. The van der Waals surface area contributed by atoms with Crippen LogP contribution in [0.2, 0.25) is 0 Å². The molecule has 4 nitrogen and oxygen atoms in total. The third-order valence-electron chi connectivity index (χ3n) is 3.76. The molecule has 0 radical (unpaired) electrons. The second-order valence-electron chi connectivity index (χ2n) is 5.65. The van der Waals surface area contributed by atoms with E-state index in [-0.39, 0.29) is 0 Å². The van der Waals surface area contributed by atoms with Crippen molar-refractivity contribution in [2.45, 2.75) is 32.9 Å². The second kappa shape index (κ2) is 8.35. The smallest absolute Gasteiger partial charge is 0.0547 e. The van der Waals surface area contributed by atoms with Crippen LogP contribution in [0.15, 0.2) is 18.2 Å². The van der Waals surface area contributed by atoms with E-state index in [9.17, 15) is 0 Å². The number of nitrogens with zero attached hydrogens (tertiary/aromatic N) is 2. The van der Waals surface area contributed by atoms with Crippen LogP contribution >= 0.6 is 0 Å². The Kier molecular flexibility index (Phi) is 6.43. The molecule has 1 aromatic rings. The Morgan fingerprint density at radius 1 is 1.30 bits per heavy atom. The second-order valence-corrected chi connectivity index (χ2v) is 5.65. The molecule has 20 heavy (non-hydrogen) atoms.